The number of carboxylic acid groups (broad SMARTS) is 1. The fraction of sp³-hybridized carbons (Fsp3) is 0.529. The summed E-state index contributed by atoms with van der Waals surface area (Å²) in [5, 5.41) is 12.5. The predicted molar refractivity (Wildman–Crippen MR) is 89.9 cm³/mol. The van der Waals surface area contributed by atoms with Crippen LogP contribution in [0.2, 0.25) is 0 Å². The highest BCUT2D eigenvalue weighted by Gasteiger charge is 2.66. The second-order valence-corrected chi connectivity index (χ2v) is 7.08. The molecule has 0 saturated heterocycles. The molecule has 6 heteroatoms. The number of amides is 1. The highest BCUT2D eigenvalue weighted by atomic mass is 32.2. The number of aliphatic carboxylic acids is 1. The topological polar surface area (TPSA) is 75.6 Å². The summed E-state index contributed by atoms with van der Waals surface area (Å²) in [6, 6.07) is 7.19. The molecule has 2 atom stereocenters. The molecule has 5 nitrogen and oxygen atoms in total. The molecule has 0 bridgehead atoms. The Labute approximate surface area is 140 Å². The smallest absolute Gasteiger partial charge is 0.330 e. The minimum Gasteiger partial charge on any atom is -0.479 e. The lowest BCUT2D eigenvalue weighted by atomic mass is 9.54. The van der Waals surface area contributed by atoms with Gasteiger partial charge >= 0.3 is 5.97 Å². The van der Waals surface area contributed by atoms with Crippen molar-refractivity contribution in [2.24, 2.45) is 5.41 Å². The van der Waals surface area contributed by atoms with Crippen LogP contribution in [0.25, 0.3) is 0 Å². The Balaban J connectivity index is 2.28. The van der Waals surface area contributed by atoms with Crippen LogP contribution >= 0.6 is 11.8 Å². The van der Waals surface area contributed by atoms with Gasteiger partial charge in [0.25, 0.3) is 5.91 Å². The fourth-order valence-corrected chi connectivity index (χ4v) is 3.73. The maximum atomic E-state index is 12.7. The molecule has 1 aliphatic rings. The average molecular weight is 337 g/mol. The number of thioether (sulfide) groups is 1. The molecule has 126 valence electrons. The quantitative estimate of drug-likeness (QED) is 0.781. The van der Waals surface area contributed by atoms with Crippen LogP contribution in [0.4, 0.5) is 0 Å². The van der Waals surface area contributed by atoms with Crippen LogP contribution in [0, 0.1) is 5.41 Å². The molecule has 1 saturated carbocycles. The number of benzene rings is 1. The molecule has 1 fully saturated rings. The van der Waals surface area contributed by atoms with Crippen molar-refractivity contribution < 1.29 is 19.4 Å². The monoisotopic (exact) mass is 337 g/mol. The molecular formula is C17H23NO4S. The van der Waals surface area contributed by atoms with E-state index in [1.165, 1.54) is 11.8 Å². The zero-order valence-electron chi connectivity index (χ0n) is 13.9. The lowest BCUT2D eigenvalue weighted by Crippen LogP contribution is -2.76. The molecule has 2 N–H and O–H groups in total. The summed E-state index contributed by atoms with van der Waals surface area (Å²) in [6.45, 7) is 6.05. The first-order chi connectivity index (χ1) is 10.8. The number of ether oxygens (including phenoxy) is 1. The maximum Gasteiger partial charge on any atom is 0.330 e. The SMILES string of the molecule is CCOC1CC(NC(=O)c2ccccc2SC)(C(=O)O)C1(C)C. The van der Waals surface area contributed by atoms with E-state index in [1.807, 2.05) is 39.2 Å². The van der Waals surface area contributed by atoms with E-state index in [0.29, 0.717) is 12.2 Å². The Morgan fingerprint density at radius 1 is 1.39 bits per heavy atom. The van der Waals surface area contributed by atoms with Gasteiger partial charge in [-0.3, -0.25) is 4.79 Å². The second kappa shape index (κ2) is 6.53. The van der Waals surface area contributed by atoms with Crippen molar-refractivity contribution in [2.45, 2.75) is 43.7 Å². The fourth-order valence-electron chi connectivity index (χ4n) is 3.13. The minimum absolute atomic E-state index is 0.181. The maximum absolute atomic E-state index is 12.7. The van der Waals surface area contributed by atoms with Gasteiger partial charge in [-0.05, 0) is 25.3 Å². The molecule has 0 heterocycles. The molecule has 0 spiro atoms. The molecule has 1 amide bonds. The molecule has 2 unspecified atom stereocenters. The Hall–Kier alpha value is -1.53. The number of carboxylic acids is 1. The van der Waals surface area contributed by atoms with Gasteiger partial charge in [0.2, 0.25) is 0 Å². The summed E-state index contributed by atoms with van der Waals surface area (Å²) in [5.41, 5.74) is -1.50. The summed E-state index contributed by atoms with van der Waals surface area (Å²) in [5.74, 6) is -1.38. The first kappa shape index (κ1) is 17.8. The van der Waals surface area contributed by atoms with E-state index in [2.05, 4.69) is 5.32 Å². The van der Waals surface area contributed by atoms with Gasteiger partial charge in [-0.15, -0.1) is 11.8 Å². The summed E-state index contributed by atoms with van der Waals surface area (Å²) in [6.07, 6.45) is 1.98. The summed E-state index contributed by atoms with van der Waals surface area (Å²) in [4.78, 5) is 25.4. The van der Waals surface area contributed by atoms with Crippen molar-refractivity contribution in [3.8, 4) is 0 Å². The first-order valence-electron chi connectivity index (χ1n) is 7.60. The van der Waals surface area contributed by atoms with E-state index < -0.39 is 16.9 Å². The Kier molecular flexibility index (Phi) is 5.06. The third-order valence-corrected chi connectivity index (χ3v) is 5.60. The van der Waals surface area contributed by atoms with E-state index in [0.717, 1.165) is 4.90 Å². The highest BCUT2D eigenvalue weighted by molar-refractivity contribution is 7.98. The number of hydrogen-bond acceptors (Lipinski definition) is 4. The van der Waals surface area contributed by atoms with Crippen LogP contribution in [0.15, 0.2) is 29.2 Å². The normalized spacial score (nSPS) is 25.5. The zero-order valence-corrected chi connectivity index (χ0v) is 14.7. The molecule has 0 aliphatic heterocycles. The molecule has 1 aliphatic carbocycles. The van der Waals surface area contributed by atoms with E-state index >= 15 is 0 Å². The van der Waals surface area contributed by atoms with Crippen LogP contribution < -0.4 is 5.32 Å². The Morgan fingerprint density at radius 2 is 2.04 bits per heavy atom. The van der Waals surface area contributed by atoms with Crippen LogP contribution in [0.5, 0.6) is 0 Å². The number of rotatable bonds is 6. The van der Waals surface area contributed by atoms with Crippen molar-refractivity contribution in [3.05, 3.63) is 29.8 Å². The first-order valence-corrected chi connectivity index (χ1v) is 8.83. The van der Waals surface area contributed by atoms with Crippen LogP contribution in [0.3, 0.4) is 0 Å². The van der Waals surface area contributed by atoms with Gasteiger partial charge < -0.3 is 15.2 Å². The third-order valence-electron chi connectivity index (χ3n) is 4.81. The van der Waals surface area contributed by atoms with Crippen molar-refractivity contribution in [1.29, 1.82) is 0 Å². The van der Waals surface area contributed by atoms with Crippen molar-refractivity contribution in [2.75, 3.05) is 12.9 Å². The standard InChI is InChI=1S/C17H23NO4S/c1-5-22-13-10-17(15(20)21,16(13,2)3)18-14(19)11-8-6-7-9-12(11)23-4/h6-9,13H,5,10H2,1-4H3,(H,18,19)(H,20,21). The summed E-state index contributed by atoms with van der Waals surface area (Å²) >= 11 is 1.46. The van der Waals surface area contributed by atoms with E-state index in [1.54, 1.807) is 12.1 Å². The van der Waals surface area contributed by atoms with Gasteiger partial charge in [0.05, 0.1) is 11.7 Å². The molecule has 1 aromatic rings. The molecule has 2 rings (SSSR count). The van der Waals surface area contributed by atoms with Crippen LogP contribution in [0.1, 0.15) is 37.6 Å². The molecular weight excluding hydrogens is 314 g/mol. The number of carbonyl (C=O) groups excluding carboxylic acids is 1. The number of carbonyl (C=O) groups is 2. The van der Waals surface area contributed by atoms with Gasteiger partial charge in [-0.1, -0.05) is 26.0 Å². The lowest BCUT2D eigenvalue weighted by molar-refractivity contribution is -0.190. The molecule has 0 aromatic heterocycles. The summed E-state index contributed by atoms with van der Waals surface area (Å²) in [7, 11) is 0. The molecule has 1 aromatic carbocycles. The van der Waals surface area contributed by atoms with Gasteiger partial charge in [-0.2, -0.15) is 0 Å². The minimum atomic E-state index is -1.31. The van der Waals surface area contributed by atoms with Crippen LogP contribution in [-0.2, 0) is 9.53 Å². The Bertz CT molecular complexity index is 616. The number of nitrogens with one attached hydrogen (secondary N) is 1. The van der Waals surface area contributed by atoms with Gasteiger partial charge in [0.15, 0.2) is 0 Å². The predicted octanol–water partition coefficient (Wildman–Crippen LogP) is 2.80. The van der Waals surface area contributed by atoms with Gasteiger partial charge in [0.1, 0.15) is 5.54 Å². The van der Waals surface area contributed by atoms with Gasteiger partial charge in [0, 0.05) is 23.3 Å². The van der Waals surface area contributed by atoms with Gasteiger partial charge in [-0.25, -0.2) is 4.79 Å². The number of hydrogen-bond donors (Lipinski definition) is 2. The summed E-state index contributed by atoms with van der Waals surface area (Å²) < 4.78 is 5.61. The lowest BCUT2D eigenvalue weighted by Gasteiger charge is -2.58. The molecule has 0 radical (unpaired) electrons. The van der Waals surface area contributed by atoms with Crippen molar-refractivity contribution in [1.82, 2.24) is 5.32 Å². The second-order valence-electron chi connectivity index (χ2n) is 6.23. The third kappa shape index (κ3) is 2.85. The van der Waals surface area contributed by atoms with Crippen molar-refractivity contribution in [3.63, 3.8) is 0 Å². The zero-order chi connectivity index (χ0) is 17.3. The van der Waals surface area contributed by atoms with E-state index in [9.17, 15) is 14.7 Å². The van der Waals surface area contributed by atoms with Crippen LogP contribution in [-0.4, -0.2) is 41.5 Å². The average Bonchev–Trinajstić information content (AvgIpc) is 2.53. The molecule has 23 heavy (non-hydrogen) atoms. The van der Waals surface area contributed by atoms with E-state index in [-0.39, 0.29) is 18.4 Å². The van der Waals surface area contributed by atoms with E-state index in [4.69, 9.17) is 4.74 Å². The Morgan fingerprint density at radius 3 is 2.57 bits per heavy atom. The highest BCUT2D eigenvalue weighted by Crippen LogP contribution is 2.51. The van der Waals surface area contributed by atoms with Crippen molar-refractivity contribution >= 4 is 23.6 Å². The largest absolute Gasteiger partial charge is 0.479 e.